The van der Waals surface area contributed by atoms with Crippen LogP contribution in [0.2, 0.25) is 0 Å². The SMILES string of the molecule is COc1ccc(/C=C/C(=O)Nc2ccccc2NC(=O)C(F)(F)F)cc1. The van der Waals surface area contributed by atoms with E-state index < -0.39 is 18.0 Å². The highest BCUT2D eigenvalue weighted by atomic mass is 19.4. The molecule has 0 saturated heterocycles. The van der Waals surface area contributed by atoms with Gasteiger partial charge in [-0.05, 0) is 35.9 Å². The average Bonchev–Trinajstić information content (AvgIpc) is 2.61. The van der Waals surface area contributed by atoms with Crippen molar-refractivity contribution in [1.82, 2.24) is 0 Å². The fourth-order valence-electron chi connectivity index (χ4n) is 1.96. The summed E-state index contributed by atoms with van der Waals surface area (Å²) in [4.78, 5) is 23.0. The maximum absolute atomic E-state index is 12.4. The number of nitrogens with one attached hydrogen (secondary N) is 2. The van der Waals surface area contributed by atoms with E-state index in [0.29, 0.717) is 5.75 Å². The third-order valence-corrected chi connectivity index (χ3v) is 3.23. The predicted molar refractivity (Wildman–Crippen MR) is 91.8 cm³/mol. The summed E-state index contributed by atoms with van der Waals surface area (Å²) in [6, 6.07) is 12.5. The zero-order chi connectivity index (χ0) is 19.2. The first-order chi connectivity index (χ1) is 12.3. The first-order valence-corrected chi connectivity index (χ1v) is 7.40. The molecule has 0 unspecified atom stereocenters. The second kappa shape index (κ2) is 8.19. The molecule has 0 aromatic heterocycles. The van der Waals surface area contributed by atoms with Gasteiger partial charge in [-0.25, -0.2) is 0 Å². The monoisotopic (exact) mass is 364 g/mol. The number of methoxy groups -OCH3 is 1. The molecule has 0 heterocycles. The van der Waals surface area contributed by atoms with Gasteiger partial charge in [-0.3, -0.25) is 9.59 Å². The molecule has 2 aromatic rings. The van der Waals surface area contributed by atoms with Crippen molar-refractivity contribution >= 4 is 29.3 Å². The number of anilines is 2. The Bertz CT molecular complexity index is 815. The van der Waals surface area contributed by atoms with Crippen molar-refractivity contribution in [2.45, 2.75) is 6.18 Å². The highest BCUT2D eigenvalue weighted by molar-refractivity contribution is 6.06. The summed E-state index contributed by atoms with van der Waals surface area (Å²) < 4.78 is 42.1. The van der Waals surface area contributed by atoms with Crippen molar-refractivity contribution in [1.29, 1.82) is 0 Å². The second-order valence-corrected chi connectivity index (χ2v) is 5.09. The number of rotatable bonds is 5. The highest BCUT2D eigenvalue weighted by Crippen LogP contribution is 2.24. The summed E-state index contributed by atoms with van der Waals surface area (Å²) in [5.41, 5.74) is 0.634. The summed E-state index contributed by atoms with van der Waals surface area (Å²) in [7, 11) is 1.54. The van der Waals surface area contributed by atoms with Crippen molar-refractivity contribution < 1.29 is 27.5 Å². The van der Waals surface area contributed by atoms with Crippen LogP contribution in [0.5, 0.6) is 5.75 Å². The Morgan fingerprint density at radius 3 is 2.08 bits per heavy atom. The molecule has 8 heteroatoms. The Balaban J connectivity index is 2.06. The van der Waals surface area contributed by atoms with E-state index in [4.69, 9.17) is 4.74 Å². The van der Waals surface area contributed by atoms with Crippen molar-refractivity contribution in [2.75, 3.05) is 17.7 Å². The number of carbonyl (C=O) groups excluding carboxylic acids is 2. The van der Waals surface area contributed by atoms with E-state index in [1.807, 2.05) is 0 Å². The van der Waals surface area contributed by atoms with E-state index in [1.165, 1.54) is 43.5 Å². The van der Waals surface area contributed by atoms with E-state index in [1.54, 1.807) is 29.6 Å². The molecule has 0 fully saturated rings. The Kier molecular flexibility index (Phi) is 6.00. The summed E-state index contributed by atoms with van der Waals surface area (Å²) in [5.74, 6) is -2.01. The Morgan fingerprint density at radius 2 is 1.54 bits per heavy atom. The van der Waals surface area contributed by atoms with Gasteiger partial charge in [0.1, 0.15) is 5.75 Å². The Morgan fingerprint density at radius 1 is 0.962 bits per heavy atom. The van der Waals surface area contributed by atoms with Gasteiger partial charge in [-0.1, -0.05) is 24.3 Å². The van der Waals surface area contributed by atoms with Gasteiger partial charge in [0.05, 0.1) is 18.5 Å². The van der Waals surface area contributed by atoms with Gasteiger partial charge in [0, 0.05) is 6.08 Å². The van der Waals surface area contributed by atoms with Gasteiger partial charge in [0.25, 0.3) is 0 Å². The fraction of sp³-hybridized carbons (Fsp3) is 0.111. The van der Waals surface area contributed by atoms with Gasteiger partial charge in [-0.15, -0.1) is 0 Å². The van der Waals surface area contributed by atoms with Crippen LogP contribution < -0.4 is 15.4 Å². The second-order valence-electron chi connectivity index (χ2n) is 5.09. The lowest BCUT2D eigenvalue weighted by atomic mass is 10.2. The number of amides is 2. The molecule has 0 aliphatic carbocycles. The summed E-state index contributed by atoms with van der Waals surface area (Å²) in [6.45, 7) is 0. The molecule has 2 aromatic carbocycles. The van der Waals surface area contributed by atoms with Crippen molar-refractivity contribution in [3.05, 3.63) is 60.2 Å². The van der Waals surface area contributed by atoms with E-state index >= 15 is 0 Å². The maximum atomic E-state index is 12.4. The highest BCUT2D eigenvalue weighted by Gasteiger charge is 2.38. The molecule has 0 radical (unpaired) electrons. The van der Waals surface area contributed by atoms with Crippen molar-refractivity contribution in [3.63, 3.8) is 0 Å². The number of carbonyl (C=O) groups is 2. The molecular formula is C18H15F3N2O3. The van der Waals surface area contributed by atoms with Crippen molar-refractivity contribution in [2.24, 2.45) is 0 Å². The van der Waals surface area contributed by atoms with Crippen LogP contribution in [0.25, 0.3) is 6.08 Å². The molecule has 136 valence electrons. The Labute approximate surface area is 147 Å². The first-order valence-electron chi connectivity index (χ1n) is 7.40. The summed E-state index contributed by atoms with van der Waals surface area (Å²) in [5, 5.41) is 4.15. The minimum Gasteiger partial charge on any atom is -0.497 e. The third kappa shape index (κ3) is 5.37. The molecule has 0 atom stereocenters. The van der Waals surface area contributed by atoms with Gasteiger partial charge in [-0.2, -0.15) is 13.2 Å². The van der Waals surface area contributed by atoms with Crippen LogP contribution in [0.3, 0.4) is 0 Å². The van der Waals surface area contributed by atoms with Crippen LogP contribution in [0.1, 0.15) is 5.56 Å². The number of hydrogen-bond acceptors (Lipinski definition) is 3. The van der Waals surface area contributed by atoms with E-state index in [-0.39, 0.29) is 11.4 Å². The molecule has 2 amide bonds. The van der Waals surface area contributed by atoms with E-state index in [9.17, 15) is 22.8 Å². The molecule has 2 N–H and O–H groups in total. The standard InChI is InChI=1S/C18H15F3N2O3/c1-26-13-9-6-12(7-10-13)8-11-16(24)22-14-4-2-3-5-15(14)23-17(25)18(19,20)21/h2-11H,1H3,(H,22,24)(H,23,25)/b11-8+. The molecular weight excluding hydrogens is 349 g/mol. The smallest absolute Gasteiger partial charge is 0.471 e. The van der Waals surface area contributed by atoms with Crippen LogP contribution >= 0.6 is 0 Å². The minimum atomic E-state index is -5.02. The van der Waals surface area contributed by atoms with Crippen molar-refractivity contribution in [3.8, 4) is 5.75 Å². The maximum Gasteiger partial charge on any atom is 0.471 e. The van der Waals surface area contributed by atoms with E-state index in [0.717, 1.165) is 5.56 Å². The largest absolute Gasteiger partial charge is 0.497 e. The fourth-order valence-corrected chi connectivity index (χ4v) is 1.96. The molecule has 5 nitrogen and oxygen atoms in total. The van der Waals surface area contributed by atoms with Gasteiger partial charge >= 0.3 is 12.1 Å². The van der Waals surface area contributed by atoms with Gasteiger partial charge in [0.15, 0.2) is 0 Å². The number of para-hydroxylation sites is 2. The average molecular weight is 364 g/mol. The van der Waals surface area contributed by atoms with Gasteiger partial charge in [0.2, 0.25) is 5.91 Å². The van der Waals surface area contributed by atoms with Crippen LogP contribution in [-0.4, -0.2) is 25.1 Å². The topological polar surface area (TPSA) is 67.4 Å². The number of halogens is 3. The van der Waals surface area contributed by atoms with E-state index in [2.05, 4.69) is 5.32 Å². The lowest BCUT2D eigenvalue weighted by Gasteiger charge is -2.12. The minimum absolute atomic E-state index is 0.0504. The lowest BCUT2D eigenvalue weighted by molar-refractivity contribution is -0.167. The van der Waals surface area contributed by atoms with Crippen LogP contribution in [0, 0.1) is 0 Å². The molecule has 0 bridgehead atoms. The number of alkyl halides is 3. The molecule has 2 rings (SSSR count). The normalized spacial score (nSPS) is 11.2. The number of hydrogen-bond donors (Lipinski definition) is 2. The summed E-state index contributed by atoms with van der Waals surface area (Å²) in [6.07, 6.45) is -2.26. The quantitative estimate of drug-likeness (QED) is 0.792. The third-order valence-electron chi connectivity index (χ3n) is 3.23. The molecule has 0 aliphatic heterocycles. The van der Waals surface area contributed by atoms with Gasteiger partial charge < -0.3 is 15.4 Å². The summed E-state index contributed by atoms with van der Waals surface area (Å²) >= 11 is 0. The lowest BCUT2D eigenvalue weighted by Crippen LogP contribution is -2.30. The van der Waals surface area contributed by atoms with Crippen LogP contribution in [0.15, 0.2) is 54.6 Å². The molecule has 0 spiro atoms. The Hall–Kier alpha value is -3.29. The zero-order valence-electron chi connectivity index (χ0n) is 13.6. The first kappa shape index (κ1) is 19.0. The zero-order valence-corrected chi connectivity index (χ0v) is 13.6. The molecule has 0 saturated carbocycles. The van der Waals surface area contributed by atoms with Crippen LogP contribution in [0.4, 0.5) is 24.5 Å². The van der Waals surface area contributed by atoms with Crippen LogP contribution in [-0.2, 0) is 9.59 Å². The molecule has 0 aliphatic rings. The predicted octanol–water partition coefficient (Wildman–Crippen LogP) is 3.85. The number of ether oxygens (including phenoxy) is 1. The molecule has 26 heavy (non-hydrogen) atoms. The number of benzene rings is 2.